The van der Waals surface area contributed by atoms with E-state index in [1.54, 1.807) is 50.6 Å². The lowest BCUT2D eigenvalue weighted by molar-refractivity contribution is -0.385. The average molecular weight is 1600 g/mol. The van der Waals surface area contributed by atoms with Gasteiger partial charge < -0.3 is 76.5 Å². The number of pyridine rings is 3. The number of fused-ring (bicyclic) bond motifs is 2. The molecule has 0 radical (unpaired) electrons. The number of halogens is 1. The Balaban J connectivity index is 0.000000147. The lowest BCUT2D eigenvalue weighted by Gasteiger charge is -2.29. The third-order valence-corrected chi connectivity index (χ3v) is 20.1. The maximum absolute atomic E-state index is 12.7. The fourth-order valence-electron chi connectivity index (χ4n) is 11.9. The summed E-state index contributed by atoms with van der Waals surface area (Å²) in [5.74, 6) is 3.28. The summed E-state index contributed by atoms with van der Waals surface area (Å²) in [5.41, 5.74) is 7.74. The van der Waals surface area contributed by atoms with Crippen LogP contribution in [0.2, 0.25) is 0 Å². The fourth-order valence-corrected chi connectivity index (χ4v) is 13.9. The summed E-state index contributed by atoms with van der Waals surface area (Å²) in [6, 6.07) is 57.1. The minimum Gasteiger partial charge on any atom is -0.507 e. The Labute approximate surface area is 654 Å². The van der Waals surface area contributed by atoms with E-state index < -0.39 is 53.3 Å². The Kier molecular flexibility index (Phi) is 26.9. The van der Waals surface area contributed by atoms with Gasteiger partial charge in [0.25, 0.3) is 17.1 Å². The predicted octanol–water partition coefficient (Wildman–Crippen LogP) is 14.7. The lowest BCUT2D eigenvalue weighted by atomic mass is 10.1. The van der Waals surface area contributed by atoms with Gasteiger partial charge in [-0.2, -0.15) is 0 Å². The van der Waals surface area contributed by atoms with E-state index in [1.807, 2.05) is 121 Å². The summed E-state index contributed by atoms with van der Waals surface area (Å²) in [5, 5.41) is 42.8. The van der Waals surface area contributed by atoms with Crippen LogP contribution in [0.4, 0.5) is 38.5 Å². The number of anilines is 3. The number of hydrogen-bond acceptors (Lipinski definition) is 25. The van der Waals surface area contributed by atoms with Gasteiger partial charge in [-0.3, -0.25) is 35.1 Å². The van der Waals surface area contributed by atoms with Gasteiger partial charge >= 0.3 is 0 Å². The SMILES string of the molecule is COc1ccc(COc2cc(N3CCOCC3)cc(-c3ccccc3O)n2)cc1.COc1ccc(COc2cc(N3CCOCC3)cc(-c3ccccc3Oc3ccc([N+](=O)[O-])cc3S(=O)O)n2)cc1.O=[N+]([O-])c1ccc(F)c(S(=O)O)c1.O=c1cc(N2CCOCC2)cc(-c2cccc3c2Oc2ccc([N+](=O)[O-])cc2S3)[nH]1. The molecule has 3 aromatic heterocycles. The molecular weight excluding hydrogens is 1530 g/mol. The molecule has 8 aromatic carbocycles. The number of para-hydroxylation sites is 3. The molecule has 2 unspecified atom stereocenters. The van der Waals surface area contributed by atoms with E-state index in [4.69, 9.17) is 52.2 Å². The zero-order chi connectivity index (χ0) is 79.5. The molecular formula is C79H72FN9O21S3. The number of methoxy groups -OCH3 is 2. The first-order valence-corrected chi connectivity index (χ1v) is 37.8. The third kappa shape index (κ3) is 21.0. The fraction of sp³-hybridized carbons (Fsp3) is 0.203. The van der Waals surface area contributed by atoms with Crippen molar-refractivity contribution in [3.8, 4) is 85.8 Å². The Morgan fingerprint density at radius 1 is 0.513 bits per heavy atom. The summed E-state index contributed by atoms with van der Waals surface area (Å²) >= 11 is -3.65. The van der Waals surface area contributed by atoms with Crippen molar-refractivity contribution in [2.75, 3.05) is 108 Å². The van der Waals surface area contributed by atoms with Crippen molar-refractivity contribution in [2.24, 2.45) is 0 Å². The number of nitro groups is 3. The number of non-ortho nitro benzene ring substituents is 3. The molecule has 15 rings (SSSR count). The second-order valence-corrected chi connectivity index (χ2v) is 27.8. The van der Waals surface area contributed by atoms with Gasteiger partial charge in [0.15, 0.2) is 27.9 Å². The van der Waals surface area contributed by atoms with E-state index in [0.717, 1.165) is 101 Å². The number of ether oxygens (including phenoxy) is 9. The van der Waals surface area contributed by atoms with Gasteiger partial charge in [0.05, 0.1) is 95.5 Å². The first kappa shape index (κ1) is 80.1. The molecule has 0 amide bonds. The molecule has 4 aliphatic heterocycles. The Morgan fingerprint density at radius 2 is 0.982 bits per heavy atom. The zero-order valence-electron chi connectivity index (χ0n) is 60.4. The molecule has 0 spiro atoms. The van der Waals surface area contributed by atoms with Crippen LogP contribution in [0, 0.1) is 36.2 Å². The Morgan fingerprint density at radius 3 is 1.50 bits per heavy atom. The van der Waals surface area contributed by atoms with E-state index in [2.05, 4.69) is 24.7 Å². The molecule has 30 nitrogen and oxygen atoms in total. The molecule has 11 aromatic rings. The predicted molar refractivity (Wildman–Crippen MR) is 419 cm³/mol. The first-order chi connectivity index (χ1) is 54.7. The largest absolute Gasteiger partial charge is 0.507 e. The van der Waals surface area contributed by atoms with Crippen molar-refractivity contribution < 1.29 is 84.4 Å². The summed E-state index contributed by atoms with van der Waals surface area (Å²) in [4.78, 5) is 62.6. The van der Waals surface area contributed by atoms with Crippen LogP contribution < -0.4 is 48.7 Å². The number of phenols is 1. The monoisotopic (exact) mass is 1600 g/mol. The molecule has 4 aliphatic rings. The molecule has 0 saturated carbocycles. The van der Waals surface area contributed by atoms with Gasteiger partial charge in [-0.1, -0.05) is 66.4 Å². The summed E-state index contributed by atoms with van der Waals surface area (Å²) in [6.07, 6.45) is 0. The second kappa shape index (κ2) is 38.0. The number of nitrogens with zero attached hydrogens (tertiary/aromatic N) is 8. The van der Waals surface area contributed by atoms with Crippen molar-refractivity contribution in [3.05, 3.63) is 264 Å². The maximum Gasteiger partial charge on any atom is 0.271 e. The number of benzene rings is 8. The molecule has 113 heavy (non-hydrogen) atoms. The van der Waals surface area contributed by atoms with Gasteiger partial charge in [0.1, 0.15) is 63.3 Å². The second-order valence-electron chi connectivity index (χ2n) is 24.9. The molecule has 4 N–H and O–H groups in total. The number of morpholine rings is 3. The molecule has 3 saturated heterocycles. The molecule has 34 heteroatoms. The van der Waals surface area contributed by atoms with Crippen molar-refractivity contribution in [3.63, 3.8) is 0 Å². The van der Waals surface area contributed by atoms with Gasteiger partial charge in [0.2, 0.25) is 17.3 Å². The summed E-state index contributed by atoms with van der Waals surface area (Å²) in [6.45, 7) is 9.00. The molecule has 0 aliphatic carbocycles. The van der Waals surface area contributed by atoms with Crippen LogP contribution in [0.25, 0.3) is 33.8 Å². The van der Waals surface area contributed by atoms with Crippen LogP contribution in [0.3, 0.4) is 0 Å². The zero-order valence-corrected chi connectivity index (χ0v) is 62.8. The van der Waals surface area contributed by atoms with Crippen molar-refractivity contribution in [1.29, 1.82) is 0 Å². The number of aromatic hydroxyl groups is 1. The number of rotatable bonds is 21. The highest BCUT2D eigenvalue weighted by molar-refractivity contribution is 7.99. The van der Waals surface area contributed by atoms with Crippen LogP contribution in [0.5, 0.6) is 52.0 Å². The van der Waals surface area contributed by atoms with Crippen LogP contribution >= 0.6 is 11.8 Å². The number of nitrogens with one attached hydrogen (secondary N) is 1. The van der Waals surface area contributed by atoms with Gasteiger partial charge in [-0.15, -0.1) is 0 Å². The Bertz CT molecular complexity index is 5350. The highest BCUT2D eigenvalue weighted by atomic mass is 32.2. The highest BCUT2D eigenvalue weighted by Crippen LogP contribution is 2.51. The number of nitro benzene ring substituents is 3. The van der Waals surface area contributed by atoms with Gasteiger partial charge in [-0.25, -0.2) is 22.8 Å². The molecule has 7 heterocycles. The summed E-state index contributed by atoms with van der Waals surface area (Å²) < 4.78 is 105. The number of aromatic amines is 1. The standard InChI is InChI=1S/C29H27N3O8S.C23H24N2O4.C21H17N3O5S.C6H4FNO4S/c1-37-23-9-6-20(7-10-23)19-39-29-18-22(31-12-14-38-15-13-31)16-25(30-29)24-4-2-3-5-26(24)40-27-11-8-21(32(33)34)17-28(27)41(35)36;1-27-19-8-6-17(7-9-19)16-29-23-15-18(25-10-12-28-13-11-25)14-21(24-23)20-4-2-3-5-22(20)26;25-20-12-14(23-6-8-28-9-7-23)10-16(22-20)15-2-1-3-18-21(15)29-17-5-4-13(24(26)27)11-19(17)30-18;7-5-2-1-4(8(9)10)3-6(5)13(11)12/h2-11,16-18H,12-15,19H2,1H3,(H,35,36);2-9,14-15,26H,10-13,16H2,1H3;1-5,10-12H,6-9H2,(H,22,25);1-3H,(H,11,12). The number of H-pyrrole nitrogens is 1. The lowest BCUT2D eigenvalue weighted by Crippen LogP contribution is -2.36. The molecule has 2 atom stereocenters. The quantitative estimate of drug-likeness (QED) is 0.0295. The third-order valence-electron chi connectivity index (χ3n) is 17.7. The van der Waals surface area contributed by atoms with Crippen LogP contribution in [-0.4, -0.2) is 145 Å². The average Bonchev–Trinajstić information content (AvgIpc) is 0.770. The molecule has 3 fully saturated rings. The smallest absolute Gasteiger partial charge is 0.271 e. The minimum atomic E-state index is -2.55. The van der Waals surface area contributed by atoms with E-state index >= 15 is 0 Å². The number of aromatic nitrogens is 3. The van der Waals surface area contributed by atoms with E-state index in [1.165, 1.54) is 36.0 Å². The molecule has 584 valence electrons. The van der Waals surface area contributed by atoms with Crippen molar-refractivity contribution in [1.82, 2.24) is 15.0 Å². The van der Waals surface area contributed by atoms with Crippen molar-refractivity contribution in [2.45, 2.75) is 32.8 Å². The van der Waals surface area contributed by atoms with Crippen LogP contribution in [-0.2, 0) is 49.6 Å². The van der Waals surface area contributed by atoms with Crippen LogP contribution in [0.15, 0.2) is 231 Å². The van der Waals surface area contributed by atoms with Gasteiger partial charge in [-0.05, 0) is 108 Å². The summed E-state index contributed by atoms with van der Waals surface area (Å²) in [7, 11) is 3.26. The van der Waals surface area contributed by atoms with Gasteiger partial charge in [0, 0.05) is 128 Å². The van der Waals surface area contributed by atoms with Crippen molar-refractivity contribution >= 4 is 68.0 Å². The van der Waals surface area contributed by atoms with E-state index in [0.29, 0.717) is 121 Å². The van der Waals surface area contributed by atoms with E-state index in [-0.39, 0.29) is 39.9 Å². The highest BCUT2D eigenvalue weighted by Gasteiger charge is 2.27. The first-order valence-electron chi connectivity index (χ1n) is 34.8. The molecule has 0 bridgehead atoms. The minimum absolute atomic E-state index is 0.0178. The number of hydrogen-bond donors (Lipinski definition) is 4. The maximum atomic E-state index is 12.7. The Hall–Kier alpha value is -12.4. The topological polar surface area (TPSA) is 376 Å². The number of phenolic OH excluding ortho intramolecular Hbond substituents is 1. The van der Waals surface area contributed by atoms with E-state index in [9.17, 15) is 57.6 Å². The van der Waals surface area contributed by atoms with Crippen LogP contribution in [0.1, 0.15) is 11.1 Å². The normalized spacial score (nSPS) is 14.0.